The maximum Gasteiger partial charge on any atom is 0.261 e. The fourth-order valence-electron chi connectivity index (χ4n) is 3.93. The van der Waals surface area contributed by atoms with Crippen LogP contribution in [0.25, 0.3) is 17.0 Å². The van der Waals surface area contributed by atoms with Crippen molar-refractivity contribution < 1.29 is 32.0 Å². The largest absolute Gasteiger partial charge is 0.497 e. The Labute approximate surface area is 231 Å². The average molecular weight is 571 g/mol. The molecule has 1 aliphatic heterocycles. The number of nitrogens with zero attached hydrogens (tertiary/aromatic N) is 2. The third-order valence-corrected chi connectivity index (χ3v) is 5.93. The van der Waals surface area contributed by atoms with E-state index in [1.165, 1.54) is 0 Å². The van der Waals surface area contributed by atoms with Gasteiger partial charge in [-0.2, -0.15) is 8.42 Å². The van der Waals surface area contributed by atoms with E-state index in [0.29, 0.717) is 35.0 Å². The predicted octanol–water partition coefficient (Wildman–Crippen LogP) is 5.33. The number of ketones is 1. The third-order valence-electron chi connectivity index (χ3n) is 5.70. The van der Waals surface area contributed by atoms with Crippen molar-refractivity contribution in [1.29, 1.82) is 0 Å². The van der Waals surface area contributed by atoms with Crippen LogP contribution in [0.4, 0.5) is 0 Å². The second-order valence-corrected chi connectivity index (χ2v) is 11.2. The van der Waals surface area contributed by atoms with Crippen molar-refractivity contribution in [2.45, 2.75) is 26.1 Å². The number of hydrogen-bond acceptors (Lipinski definition) is 7. The van der Waals surface area contributed by atoms with Gasteiger partial charge in [0.15, 0.2) is 5.60 Å². The topological polar surface area (TPSA) is 116 Å². The van der Waals surface area contributed by atoms with E-state index < -0.39 is 15.7 Å². The van der Waals surface area contributed by atoms with Crippen LogP contribution >= 0.6 is 11.6 Å². The molecule has 0 radical (unpaired) electrons. The molecule has 0 amide bonds. The number of rotatable bonds is 6. The van der Waals surface area contributed by atoms with Crippen LogP contribution < -0.4 is 9.47 Å². The first-order valence-corrected chi connectivity index (χ1v) is 14.0. The first-order valence-electron chi connectivity index (χ1n) is 11.8. The molecular formula is C28H27ClN2O7S. The SMILES string of the molecule is COc1ccc(C2=C(c3ccc(OCc4cn5cc(Cl)ccc5n4)cc3)C(=O)C(C)(C)O2)cc1.CS(=O)(=O)O. The number of hydrogen-bond donors (Lipinski definition) is 1. The Hall–Kier alpha value is -3.86. The van der Waals surface area contributed by atoms with Crippen molar-refractivity contribution in [3.05, 3.63) is 94.9 Å². The summed E-state index contributed by atoms with van der Waals surface area (Å²) in [6.45, 7) is 3.88. The minimum absolute atomic E-state index is 0.0599. The Morgan fingerprint density at radius 2 is 1.56 bits per heavy atom. The molecule has 5 rings (SSSR count). The molecule has 0 aliphatic carbocycles. The minimum atomic E-state index is -3.67. The number of methoxy groups -OCH3 is 1. The normalized spacial score (nSPS) is 14.6. The van der Waals surface area contributed by atoms with Gasteiger partial charge in [-0.15, -0.1) is 0 Å². The van der Waals surface area contributed by atoms with Crippen LogP contribution in [0.3, 0.4) is 0 Å². The Balaban J connectivity index is 0.000000648. The maximum absolute atomic E-state index is 13.2. The molecule has 0 saturated carbocycles. The lowest BCUT2D eigenvalue weighted by molar-refractivity contribution is -0.125. The van der Waals surface area contributed by atoms with Crippen molar-refractivity contribution >= 4 is 44.5 Å². The number of Topliss-reactive ketones (excluding diaryl/α,β-unsaturated/α-hetero) is 1. The lowest BCUT2D eigenvalue weighted by Gasteiger charge is -2.17. The molecule has 0 atom stereocenters. The highest BCUT2D eigenvalue weighted by atomic mass is 35.5. The molecule has 11 heteroatoms. The van der Waals surface area contributed by atoms with Crippen LogP contribution in [-0.4, -0.2) is 47.1 Å². The highest BCUT2D eigenvalue weighted by Gasteiger charge is 2.42. The molecule has 1 N–H and O–H groups in total. The average Bonchev–Trinajstić information content (AvgIpc) is 3.39. The molecular weight excluding hydrogens is 544 g/mol. The van der Waals surface area contributed by atoms with E-state index in [-0.39, 0.29) is 5.78 Å². The van der Waals surface area contributed by atoms with Gasteiger partial charge in [-0.05, 0) is 67.9 Å². The molecule has 0 bridgehead atoms. The van der Waals surface area contributed by atoms with E-state index in [4.69, 9.17) is 30.4 Å². The summed E-state index contributed by atoms with van der Waals surface area (Å²) in [6, 6.07) is 18.6. The molecule has 0 spiro atoms. The standard InChI is InChI=1S/C27H23ClN2O4.CH4O3S/c1-27(2)26(31)24(25(34-27)18-6-9-21(32-3)10-7-18)17-4-11-22(12-5-17)33-16-20-15-30-14-19(28)8-13-23(30)29-20;1-5(2,3)4/h4-15H,16H2,1-3H3;1H3,(H,2,3,4). The summed E-state index contributed by atoms with van der Waals surface area (Å²) in [7, 11) is -2.05. The van der Waals surface area contributed by atoms with Gasteiger partial charge in [0.2, 0.25) is 5.78 Å². The van der Waals surface area contributed by atoms with Crippen molar-refractivity contribution in [2.24, 2.45) is 0 Å². The first-order chi connectivity index (χ1) is 18.3. The number of carbonyl (C=O) groups is 1. The van der Waals surface area contributed by atoms with Crippen molar-refractivity contribution in [3.63, 3.8) is 0 Å². The number of imidazole rings is 1. The van der Waals surface area contributed by atoms with E-state index in [0.717, 1.165) is 28.2 Å². The molecule has 204 valence electrons. The molecule has 2 aromatic heterocycles. The summed E-state index contributed by atoms with van der Waals surface area (Å²) in [5.74, 6) is 1.92. The summed E-state index contributed by atoms with van der Waals surface area (Å²) in [5.41, 5.74) is 2.80. The van der Waals surface area contributed by atoms with Gasteiger partial charge in [-0.1, -0.05) is 23.7 Å². The predicted molar refractivity (Wildman–Crippen MR) is 148 cm³/mol. The Morgan fingerprint density at radius 3 is 2.18 bits per heavy atom. The molecule has 9 nitrogen and oxygen atoms in total. The summed E-state index contributed by atoms with van der Waals surface area (Å²) >= 11 is 6.04. The Kier molecular flexibility index (Phi) is 8.01. The zero-order chi connectivity index (χ0) is 28.4. The molecule has 4 aromatic rings. The molecule has 1 aliphatic rings. The summed E-state index contributed by atoms with van der Waals surface area (Å²) in [5, 5.41) is 0.643. The summed E-state index contributed by atoms with van der Waals surface area (Å²) in [6.07, 6.45) is 4.41. The highest BCUT2D eigenvalue weighted by Crippen LogP contribution is 2.41. The van der Waals surface area contributed by atoms with E-state index in [2.05, 4.69) is 4.98 Å². The van der Waals surface area contributed by atoms with Gasteiger partial charge in [0.1, 0.15) is 29.5 Å². The Morgan fingerprint density at radius 1 is 0.974 bits per heavy atom. The number of halogens is 1. The van der Waals surface area contributed by atoms with Crippen molar-refractivity contribution in [3.8, 4) is 11.5 Å². The van der Waals surface area contributed by atoms with Gasteiger partial charge >= 0.3 is 0 Å². The molecule has 39 heavy (non-hydrogen) atoms. The Bertz CT molecular complexity index is 1630. The zero-order valence-electron chi connectivity index (χ0n) is 21.7. The number of ether oxygens (including phenoxy) is 3. The third kappa shape index (κ3) is 6.97. The van der Waals surface area contributed by atoms with E-state index >= 15 is 0 Å². The monoisotopic (exact) mass is 570 g/mol. The fraction of sp³-hybridized carbons (Fsp3) is 0.214. The maximum atomic E-state index is 13.2. The number of aromatic nitrogens is 2. The molecule has 0 saturated heterocycles. The van der Waals surface area contributed by atoms with Crippen LogP contribution in [0, 0.1) is 0 Å². The molecule has 0 unspecified atom stereocenters. The fourth-order valence-corrected chi connectivity index (χ4v) is 4.09. The lowest BCUT2D eigenvalue weighted by atomic mass is 9.92. The summed E-state index contributed by atoms with van der Waals surface area (Å²) < 4.78 is 45.0. The number of fused-ring (bicyclic) bond motifs is 1. The quantitative estimate of drug-likeness (QED) is 0.309. The first kappa shape index (κ1) is 28.2. The van der Waals surface area contributed by atoms with Crippen LogP contribution in [0.15, 0.2) is 73.1 Å². The van der Waals surface area contributed by atoms with Gasteiger partial charge < -0.3 is 18.6 Å². The van der Waals surface area contributed by atoms with Crippen LogP contribution in [0.1, 0.15) is 30.7 Å². The van der Waals surface area contributed by atoms with Crippen molar-refractivity contribution in [2.75, 3.05) is 13.4 Å². The van der Waals surface area contributed by atoms with Crippen molar-refractivity contribution in [1.82, 2.24) is 9.38 Å². The molecule has 2 aromatic carbocycles. The molecule has 0 fully saturated rings. The van der Waals surface area contributed by atoms with Gasteiger partial charge in [0.25, 0.3) is 10.1 Å². The van der Waals surface area contributed by atoms with Gasteiger partial charge in [0, 0.05) is 18.0 Å². The highest BCUT2D eigenvalue weighted by molar-refractivity contribution is 7.85. The zero-order valence-corrected chi connectivity index (χ0v) is 23.3. The van der Waals surface area contributed by atoms with Gasteiger partial charge in [0.05, 0.1) is 29.7 Å². The van der Waals surface area contributed by atoms with Gasteiger partial charge in [-0.25, -0.2) is 4.98 Å². The van der Waals surface area contributed by atoms with E-state index in [1.54, 1.807) is 33.2 Å². The number of pyridine rings is 1. The summed E-state index contributed by atoms with van der Waals surface area (Å²) in [4.78, 5) is 17.7. The smallest absolute Gasteiger partial charge is 0.261 e. The van der Waals surface area contributed by atoms with Crippen LogP contribution in [0.2, 0.25) is 5.02 Å². The van der Waals surface area contributed by atoms with E-state index in [1.807, 2.05) is 65.2 Å². The number of benzene rings is 2. The second kappa shape index (κ2) is 11.1. The second-order valence-electron chi connectivity index (χ2n) is 9.27. The molecule has 3 heterocycles. The van der Waals surface area contributed by atoms with E-state index in [9.17, 15) is 13.2 Å². The van der Waals surface area contributed by atoms with Crippen LogP contribution in [0.5, 0.6) is 11.5 Å². The van der Waals surface area contributed by atoms with Crippen LogP contribution in [-0.2, 0) is 26.3 Å². The number of carbonyl (C=O) groups excluding carboxylic acids is 1. The lowest BCUT2D eigenvalue weighted by Crippen LogP contribution is -2.29. The minimum Gasteiger partial charge on any atom is -0.497 e. The van der Waals surface area contributed by atoms with Gasteiger partial charge in [-0.3, -0.25) is 9.35 Å².